The maximum atomic E-state index is 13.5. The molecule has 4 rings (SSSR count). The van der Waals surface area contributed by atoms with Crippen LogP contribution in [-0.4, -0.2) is 39.7 Å². The van der Waals surface area contributed by atoms with E-state index in [-0.39, 0.29) is 18.4 Å². The van der Waals surface area contributed by atoms with E-state index < -0.39 is 0 Å². The Labute approximate surface area is 186 Å². The largest absolute Gasteiger partial charge is 0.366 e. The molecule has 2 unspecified atom stereocenters. The number of nitrogens with zero attached hydrogens (tertiary/aromatic N) is 3. The number of piperidine rings is 1. The van der Waals surface area contributed by atoms with Crippen LogP contribution >= 0.6 is 23.2 Å². The molecule has 2 aromatic rings. The number of pyridine rings is 1. The minimum Gasteiger partial charge on any atom is -0.366 e. The average Bonchev–Trinajstić information content (AvgIpc) is 2.93. The molecule has 0 bridgehead atoms. The van der Waals surface area contributed by atoms with Crippen molar-refractivity contribution in [1.82, 2.24) is 14.8 Å². The van der Waals surface area contributed by atoms with Crippen molar-refractivity contribution in [2.45, 2.75) is 26.8 Å². The van der Waals surface area contributed by atoms with Crippen molar-refractivity contribution >= 4 is 40.6 Å². The van der Waals surface area contributed by atoms with Crippen molar-refractivity contribution < 1.29 is 9.59 Å². The van der Waals surface area contributed by atoms with Gasteiger partial charge >= 0.3 is 0 Å². The SMILES string of the molecule is CC1CC(C)CN(C2=C(c3ccc(Cl)cc3Cl)C(=O)N(Cc3ccccn3)C2=O)C1. The van der Waals surface area contributed by atoms with Crippen LogP contribution in [0.5, 0.6) is 0 Å². The highest BCUT2D eigenvalue weighted by molar-refractivity contribution is 6.41. The van der Waals surface area contributed by atoms with Gasteiger partial charge in [-0.1, -0.05) is 49.2 Å². The third kappa shape index (κ3) is 3.96. The van der Waals surface area contributed by atoms with Gasteiger partial charge in [-0.2, -0.15) is 0 Å². The Bertz CT molecular complexity index is 1010. The quantitative estimate of drug-likeness (QED) is 0.645. The zero-order valence-corrected chi connectivity index (χ0v) is 18.5. The molecule has 3 heterocycles. The summed E-state index contributed by atoms with van der Waals surface area (Å²) in [7, 11) is 0. The van der Waals surface area contributed by atoms with Gasteiger partial charge in [0, 0.05) is 29.9 Å². The minimum absolute atomic E-state index is 0.121. The van der Waals surface area contributed by atoms with Gasteiger partial charge in [-0.25, -0.2) is 0 Å². The molecule has 1 aromatic heterocycles. The van der Waals surface area contributed by atoms with Crippen LogP contribution in [-0.2, 0) is 16.1 Å². The second kappa shape index (κ2) is 8.40. The van der Waals surface area contributed by atoms with E-state index >= 15 is 0 Å². The third-order valence-electron chi connectivity index (χ3n) is 5.58. The summed E-state index contributed by atoms with van der Waals surface area (Å²) in [4.78, 5) is 34.6. The number of likely N-dealkylation sites (tertiary alicyclic amines) is 1. The normalized spacial score (nSPS) is 22.3. The summed E-state index contributed by atoms with van der Waals surface area (Å²) < 4.78 is 0. The summed E-state index contributed by atoms with van der Waals surface area (Å²) in [5.41, 5.74) is 1.96. The molecule has 2 atom stereocenters. The van der Waals surface area contributed by atoms with E-state index in [0.29, 0.717) is 44.4 Å². The second-order valence-corrected chi connectivity index (χ2v) is 9.06. The van der Waals surface area contributed by atoms with Crippen LogP contribution in [0.1, 0.15) is 31.5 Å². The van der Waals surface area contributed by atoms with Gasteiger partial charge in [0.05, 0.1) is 22.8 Å². The number of carbonyl (C=O) groups is 2. The molecule has 0 saturated carbocycles. The van der Waals surface area contributed by atoms with E-state index in [1.807, 2.05) is 6.07 Å². The number of rotatable bonds is 4. The topological polar surface area (TPSA) is 53.5 Å². The second-order valence-electron chi connectivity index (χ2n) is 8.22. The molecule has 5 nitrogen and oxygen atoms in total. The summed E-state index contributed by atoms with van der Waals surface area (Å²) >= 11 is 12.5. The predicted molar refractivity (Wildman–Crippen MR) is 118 cm³/mol. The number of imide groups is 1. The summed E-state index contributed by atoms with van der Waals surface area (Å²) in [5, 5.41) is 0.835. The molecule has 0 radical (unpaired) electrons. The van der Waals surface area contributed by atoms with E-state index in [9.17, 15) is 9.59 Å². The summed E-state index contributed by atoms with van der Waals surface area (Å²) in [6.45, 7) is 5.92. The van der Waals surface area contributed by atoms with Crippen LogP contribution in [0.2, 0.25) is 10.0 Å². The molecule has 2 amide bonds. The van der Waals surface area contributed by atoms with Crippen molar-refractivity contribution in [3.8, 4) is 0 Å². The van der Waals surface area contributed by atoms with E-state index in [2.05, 4.69) is 23.7 Å². The van der Waals surface area contributed by atoms with Crippen molar-refractivity contribution in [2.24, 2.45) is 11.8 Å². The van der Waals surface area contributed by atoms with Crippen LogP contribution in [0.15, 0.2) is 48.3 Å². The number of aromatic nitrogens is 1. The van der Waals surface area contributed by atoms with Gasteiger partial charge in [-0.15, -0.1) is 0 Å². The van der Waals surface area contributed by atoms with Gasteiger partial charge in [0.15, 0.2) is 0 Å². The van der Waals surface area contributed by atoms with Crippen molar-refractivity contribution in [2.75, 3.05) is 13.1 Å². The van der Waals surface area contributed by atoms with E-state index in [1.165, 1.54) is 4.90 Å². The molecule has 156 valence electrons. The molecule has 7 heteroatoms. The Hall–Kier alpha value is -2.37. The molecule has 1 aromatic carbocycles. The summed E-state index contributed by atoms with van der Waals surface area (Å²) in [6.07, 6.45) is 2.75. The van der Waals surface area contributed by atoms with Crippen LogP contribution in [0.4, 0.5) is 0 Å². The lowest BCUT2D eigenvalue weighted by Gasteiger charge is -2.37. The van der Waals surface area contributed by atoms with Gasteiger partial charge < -0.3 is 4.90 Å². The fourth-order valence-electron chi connectivity index (χ4n) is 4.43. The zero-order valence-electron chi connectivity index (χ0n) is 16.9. The molecule has 0 N–H and O–H groups in total. The number of hydrogen-bond acceptors (Lipinski definition) is 4. The molecule has 2 aliphatic heterocycles. The minimum atomic E-state index is -0.351. The smallest absolute Gasteiger partial charge is 0.278 e. The van der Waals surface area contributed by atoms with Gasteiger partial charge in [0.2, 0.25) is 0 Å². The average molecular weight is 444 g/mol. The lowest BCUT2D eigenvalue weighted by Crippen LogP contribution is -2.41. The lowest BCUT2D eigenvalue weighted by atomic mass is 9.91. The maximum absolute atomic E-state index is 13.5. The highest BCUT2D eigenvalue weighted by atomic mass is 35.5. The molecule has 2 aliphatic rings. The highest BCUT2D eigenvalue weighted by Gasteiger charge is 2.43. The van der Waals surface area contributed by atoms with Crippen molar-refractivity contribution in [3.05, 3.63) is 69.6 Å². The van der Waals surface area contributed by atoms with Crippen molar-refractivity contribution in [1.29, 1.82) is 0 Å². The van der Waals surface area contributed by atoms with Crippen molar-refractivity contribution in [3.63, 3.8) is 0 Å². The first kappa shape index (κ1) is 20.9. The third-order valence-corrected chi connectivity index (χ3v) is 6.12. The number of halogens is 2. The Morgan fingerprint density at radius 1 is 1.03 bits per heavy atom. The van der Waals surface area contributed by atoms with Crippen LogP contribution in [0.3, 0.4) is 0 Å². The van der Waals surface area contributed by atoms with Crippen LogP contribution in [0.25, 0.3) is 5.57 Å². The van der Waals surface area contributed by atoms with Crippen LogP contribution < -0.4 is 0 Å². The monoisotopic (exact) mass is 443 g/mol. The first-order valence-corrected chi connectivity index (χ1v) is 10.8. The maximum Gasteiger partial charge on any atom is 0.278 e. The molecular weight excluding hydrogens is 421 g/mol. The fraction of sp³-hybridized carbons (Fsp3) is 0.348. The Balaban J connectivity index is 1.79. The predicted octanol–water partition coefficient (Wildman–Crippen LogP) is 4.65. The molecule has 30 heavy (non-hydrogen) atoms. The molecule has 0 spiro atoms. The summed E-state index contributed by atoms with van der Waals surface area (Å²) in [6, 6.07) is 10.4. The molecule has 1 fully saturated rings. The fourth-order valence-corrected chi connectivity index (χ4v) is 4.94. The number of hydrogen-bond donors (Lipinski definition) is 0. The Morgan fingerprint density at radius 3 is 2.40 bits per heavy atom. The van der Waals surface area contributed by atoms with Gasteiger partial charge in [-0.3, -0.25) is 19.5 Å². The number of carbonyl (C=O) groups excluding carboxylic acids is 2. The van der Waals surface area contributed by atoms with Gasteiger partial charge in [-0.05, 0) is 42.5 Å². The van der Waals surface area contributed by atoms with Crippen LogP contribution in [0, 0.1) is 11.8 Å². The van der Waals surface area contributed by atoms with E-state index in [0.717, 1.165) is 19.5 Å². The Morgan fingerprint density at radius 2 is 1.77 bits per heavy atom. The number of benzene rings is 1. The van der Waals surface area contributed by atoms with Gasteiger partial charge in [0.25, 0.3) is 11.8 Å². The number of amides is 2. The first-order valence-electron chi connectivity index (χ1n) is 10.1. The summed E-state index contributed by atoms with van der Waals surface area (Å²) in [5.74, 6) is 0.204. The highest BCUT2D eigenvalue weighted by Crippen LogP contribution is 2.38. The lowest BCUT2D eigenvalue weighted by molar-refractivity contribution is -0.138. The molecular formula is C23H23Cl2N3O2. The van der Waals surface area contributed by atoms with Gasteiger partial charge in [0.1, 0.15) is 5.70 Å². The first-order chi connectivity index (χ1) is 14.3. The van der Waals surface area contributed by atoms with E-state index in [1.54, 1.807) is 36.5 Å². The molecule has 0 aliphatic carbocycles. The Kier molecular flexibility index (Phi) is 5.85. The standard InChI is InChI=1S/C23H23Cl2N3O2/c1-14-9-15(2)12-27(11-14)21-20(18-7-6-16(24)10-19(18)25)22(29)28(23(21)30)13-17-5-3-4-8-26-17/h3-8,10,14-15H,9,11-13H2,1-2H3. The molecule has 1 saturated heterocycles. The zero-order chi connectivity index (χ0) is 21.4. The van der Waals surface area contributed by atoms with E-state index in [4.69, 9.17) is 23.2 Å².